The Bertz CT molecular complexity index is 1220. The molecule has 4 rings (SSSR count). The predicted octanol–water partition coefficient (Wildman–Crippen LogP) is 2.57. The average Bonchev–Trinajstić information content (AvgIpc) is 3.35. The van der Waals surface area contributed by atoms with Crippen LogP contribution in [0, 0.1) is 0 Å². The fraction of sp³-hybridized carbons (Fsp3) is 0.0500. The second kappa shape index (κ2) is 7.04. The maximum absolute atomic E-state index is 13.5. The van der Waals surface area contributed by atoms with E-state index in [9.17, 15) is 14.4 Å². The second-order valence-electron chi connectivity index (χ2n) is 6.28. The van der Waals surface area contributed by atoms with E-state index >= 15 is 0 Å². The summed E-state index contributed by atoms with van der Waals surface area (Å²) < 4.78 is 0. The van der Waals surface area contributed by atoms with Crippen molar-refractivity contribution in [3.63, 3.8) is 0 Å². The van der Waals surface area contributed by atoms with Crippen LogP contribution in [0.4, 0.5) is 11.6 Å². The number of carbonyl (C=O) groups is 3. The number of fused-ring (bicyclic) bond motifs is 1. The lowest BCUT2D eigenvalue weighted by atomic mass is 10.1. The number of aromatic nitrogens is 4. The number of Topliss-reactive ketones (excluding diaryl/α,β-unsaturated/α-hetero) is 1. The molecule has 2 aromatic heterocycles. The standard InChI is InChI=1S/C20H16N6O3/c1-11(27)12-6-2-5-9-15(12)26(19(29)17-16(18(21)28)22-10-23-17)20-24-13-7-3-4-8-14(13)25-20/h2-10H,1H3,(H2,21,28)(H,22,23)(H,24,25). The SMILES string of the molecule is CC(=O)c1ccccc1N(C(=O)c1[nH]cnc1C(N)=O)c1nc2ccccc2[nH]1. The monoisotopic (exact) mass is 388 g/mol. The second-order valence-corrected chi connectivity index (χ2v) is 6.28. The lowest BCUT2D eigenvalue weighted by Gasteiger charge is -2.22. The van der Waals surface area contributed by atoms with Crippen molar-refractivity contribution in [2.75, 3.05) is 4.90 Å². The van der Waals surface area contributed by atoms with Crippen molar-refractivity contribution in [2.45, 2.75) is 6.92 Å². The largest absolute Gasteiger partial charge is 0.364 e. The predicted molar refractivity (Wildman–Crippen MR) is 106 cm³/mol. The maximum Gasteiger partial charge on any atom is 0.284 e. The van der Waals surface area contributed by atoms with E-state index in [2.05, 4.69) is 19.9 Å². The molecule has 0 unspecified atom stereocenters. The zero-order valence-corrected chi connectivity index (χ0v) is 15.3. The molecule has 0 saturated carbocycles. The minimum absolute atomic E-state index is 0.101. The Morgan fingerprint density at radius 3 is 2.48 bits per heavy atom. The molecular formula is C20H16N6O3. The fourth-order valence-electron chi connectivity index (χ4n) is 3.09. The van der Waals surface area contributed by atoms with E-state index in [1.165, 1.54) is 18.2 Å². The molecule has 9 nitrogen and oxygen atoms in total. The molecule has 4 N–H and O–H groups in total. The zero-order valence-electron chi connectivity index (χ0n) is 15.3. The van der Waals surface area contributed by atoms with Crippen molar-refractivity contribution < 1.29 is 14.4 Å². The highest BCUT2D eigenvalue weighted by atomic mass is 16.2. The van der Waals surface area contributed by atoms with Crippen LogP contribution in [0.3, 0.4) is 0 Å². The van der Waals surface area contributed by atoms with Gasteiger partial charge in [-0.05, 0) is 31.2 Å². The maximum atomic E-state index is 13.5. The van der Waals surface area contributed by atoms with Crippen molar-refractivity contribution in [1.29, 1.82) is 0 Å². The number of benzene rings is 2. The van der Waals surface area contributed by atoms with Crippen molar-refractivity contribution >= 4 is 40.3 Å². The number of rotatable bonds is 5. The summed E-state index contributed by atoms with van der Waals surface area (Å²) in [6, 6.07) is 13.9. The third kappa shape index (κ3) is 3.14. The summed E-state index contributed by atoms with van der Waals surface area (Å²) in [5, 5.41) is 0. The van der Waals surface area contributed by atoms with Gasteiger partial charge in [0.25, 0.3) is 11.8 Å². The van der Waals surface area contributed by atoms with Gasteiger partial charge in [0.05, 0.1) is 23.0 Å². The molecule has 144 valence electrons. The van der Waals surface area contributed by atoms with Crippen molar-refractivity contribution in [1.82, 2.24) is 19.9 Å². The average molecular weight is 388 g/mol. The molecule has 0 spiro atoms. The number of para-hydroxylation sites is 3. The molecule has 0 fully saturated rings. The van der Waals surface area contributed by atoms with Gasteiger partial charge < -0.3 is 15.7 Å². The number of H-pyrrole nitrogens is 2. The normalized spacial score (nSPS) is 10.8. The van der Waals surface area contributed by atoms with Crippen LogP contribution < -0.4 is 10.6 Å². The van der Waals surface area contributed by atoms with E-state index in [0.717, 1.165) is 0 Å². The van der Waals surface area contributed by atoms with Crippen LogP contribution in [0.2, 0.25) is 0 Å². The summed E-state index contributed by atoms with van der Waals surface area (Å²) in [7, 11) is 0. The lowest BCUT2D eigenvalue weighted by Crippen LogP contribution is -2.31. The molecule has 0 aliphatic heterocycles. The molecule has 9 heteroatoms. The zero-order chi connectivity index (χ0) is 20.5. The number of aromatic amines is 2. The van der Waals surface area contributed by atoms with Crippen LogP contribution in [0.1, 0.15) is 38.3 Å². The van der Waals surface area contributed by atoms with Gasteiger partial charge in [-0.1, -0.05) is 24.3 Å². The summed E-state index contributed by atoms with van der Waals surface area (Å²) >= 11 is 0. The van der Waals surface area contributed by atoms with Gasteiger partial charge in [0, 0.05) is 5.56 Å². The number of imidazole rings is 2. The number of amides is 2. The minimum Gasteiger partial charge on any atom is -0.364 e. The molecule has 0 aliphatic rings. The first-order chi connectivity index (χ1) is 14.0. The molecule has 29 heavy (non-hydrogen) atoms. The van der Waals surface area contributed by atoms with Gasteiger partial charge in [0.2, 0.25) is 5.95 Å². The molecule has 2 amide bonds. The minimum atomic E-state index is -0.848. The van der Waals surface area contributed by atoms with Crippen LogP contribution in [-0.2, 0) is 0 Å². The van der Waals surface area contributed by atoms with Crippen LogP contribution in [0.15, 0.2) is 54.9 Å². The number of carbonyl (C=O) groups excluding carboxylic acids is 3. The van der Waals surface area contributed by atoms with E-state index in [0.29, 0.717) is 22.3 Å². The van der Waals surface area contributed by atoms with E-state index < -0.39 is 11.8 Å². The number of nitrogens with zero attached hydrogens (tertiary/aromatic N) is 3. The third-order valence-electron chi connectivity index (χ3n) is 4.40. The highest BCUT2D eigenvalue weighted by molar-refractivity contribution is 6.16. The Morgan fingerprint density at radius 2 is 1.76 bits per heavy atom. The lowest BCUT2D eigenvalue weighted by molar-refractivity contribution is 0.0960. The Labute approximate surface area is 164 Å². The summed E-state index contributed by atoms with van der Waals surface area (Å²) in [5.74, 6) is -1.52. The number of nitrogens with one attached hydrogen (secondary N) is 2. The van der Waals surface area contributed by atoms with Gasteiger partial charge in [-0.25, -0.2) is 14.9 Å². The quantitative estimate of drug-likeness (QED) is 0.451. The Kier molecular flexibility index (Phi) is 4.40. The van der Waals surface area contributed by atoms with Gasteiger partial charge in [-0.3, -0.25) is 14.4 Å². The van der Waals surface area contributed by atoms with Gasteiger partial charge in [-0.15, -0.1) is 0 Å². The van der Waals surface area contributed by atoms with Crippen molar-refractivity contribution in [2.24, 2.45) is 5.73 Å². The summed E-state index contributed by atoms with van der Waals surface area (Å²) in [6.45, 7) is 1.41. The Hall–Kier alpha value is -4.27. The fourth-order valence-corrected chi connectivity index (χ4v) is 3.09. The smallest absolute Gasteiger partial charge is 0.284 e. The van der Waals surface area contributed by atoms with Crippen molar-refractivity contribution in [3.05, 3.63) is 71.8 Å². The highest BCUT2D eigenvalue weighted by Gasteiger charge is 2.30. The number of primary amides is 1. The Balaban J connectivity index is 1.95. The molecule has 0 aliphatic carbocycles. The molecule has 4 aromatic rings. The topological polar surface area (TPSA) is 138 Å². The Morgan fingerprint density at radius 1 is 1.03 bits per heavy atom. The van der Waals surface area contributed by atoms with E-state index in [1.54, 1.807) is 30.3 Å². The van der Waals surface area contributed by atoms with Gasteiger partial charge in [-0.2, -0.15) is 0 Å². The molecule has 2 aromatic carbocycles. The number of anilines is 2. The molecule has 0 atom stereocenters. The summed E-state index contributed by atoms with van der Waals surface area (Å²) in [6.07, 6.45) is 1.21. The number of hydrogen-bond acceptors (Lipinski definition) is 5. The molecule has 2 heterocycles. The van der Waals surface area contributed by atoms with E-state index in [4.69, 9.17) is 5.73 Å². The van der Waals surface area contributed by atoms with E-state index in [1.807, 2.05) is 18.2 Å². The van der Waals surface area contributed by atoms with Gasteiger partial charge in [0.15, 0.2) is 11.5 Å². The first-order valence-corrected chi connectivity index (χ1v) is 8.69. The van der Waals surface area contributed by atoms with Crippen LogP contribution in [0.5, 0.6) is 0 Å². The number of nitrogens with two attached hydrogens (primary N) is 1. The molecule has 0 bridgehead atoms. The third-order valence-corrected chi connectivity index (χ3v) is 4.40. The van der Waals surface area contributed by atoms with Crippen LogP contribution in [0.25, 0.3) is 11.0 Å². The van der Waals surface area contributed by atoms with Crippen LogP contribution in [-0.4, -0.2) is 37.5 Å². The first-order valence-electron chi connectivity index (χ1n) is 8.69. The van der Waals surface area contributed by atoms with E-state index in [-0.39, 0.29) is 23.1 Å². The highest BCUT2D eigenvalue weighted by Crippen LogP contribution is 2.30. The summed E-state index contributed by atoms with van der Waals surface area (Å²) in [4.78, 5) is 52.6. The van der Waals surface area contributed by atoms with Gasteiger partial charge >= 0.3 is 0 Å². The number of ketones is 1. The number of hydrogen-bond donors (Lipinski definition) is 3. The molecule has 0 saturated heterocycles. The molecular weight excluding hydrogens is 372 g/mol. The summed E-state index contributed by atoms with van der Waals surface area (Å²) in [5.41, 5.74) is 7.03. The first kappa shape index (κ1) is 18.1. The van der Waals surface area contributed by atoms with Crippen LogP contribution >= 0.6 is 0 Å². The molecule has 0 radical (unpaired) electrons. The van der Waals surface area contributed by atoms with Crippen molar-refractivity contribution in [3.8, 4) is 0 Å². The van der Waals surface area contributed by atoms with Gasteiger partial charge in [0.1, 0.15) is 5.69 Å².